The maximum Gasteiger partial charge on any atom is 0.340 e. The van der Waals surface area contributed by atoms with Gasteiger partial charge in [0, 0.05) is 15.0 Å². The molecule has 1 N–H and O–H groups in total. The zero-order valence-corrected chi connectivity index (χ0v) is 15.3. The third kappa shape index (κ3) is 4.20. The highest BCUT2D eigenvalue weighted by molar-refractivity contribution is 9.11. The Morgan fingerprint density at radius 3 is 2.71 bits per heavy atom. The summed E-state index contributed by atoms with van der Waals surface area (Å²) in [7, 11) is -1.70. The molecule has 8 heteroatoms. The fourth-order valence-corrected chi connectivity index (χ4v) is 5.31. The van der Waals surface area contributed by atoms with Crippen molar-refractivity contribution in [1.82, 2.24) is 0 Å². The molecule has 0 amide bonds. The minimum Gasteiger partial charge on any atom is -0.465 e. The molecular formula is C13H15Br2NO4S. The standard InChI is InChI=1S/C13H15Br2NO4S/c1-20-13(17)10-5-8(14)6-11(15)12(10)16-9-3-2-4-21(18,19)7-9/h5-6,9,16H,2-4,7H2,1H3. The van der Waals surface area contributed by atoms with E-state index in [1.807, 2.05) is 0 Å². The Kier molecular flexibility index (Phi) is 5.32. The maximum absolute atomic E-state index is 11.9. The summed E-state index contributed by atoms with van der Waals surface area (Å²) in [6, 6.07) is 3.24. The molecule has 1 heterocycles. The second-order valence-electron chi connectivity index (χ2n) is 4.90. The van der Waals surface area contributed by atoms with Crippen LogP contribution >= 0.6 is 31.9 Å². The number of benzene rings is 1. The van der Waals surface area contributed by atoms with Crippen LogP contribution in [0.15, 0.2) is 21.1 Å². The predicted molar refractivity (Wildman–Crippen MR) is 88.5 cm³/mol. The average Bonchev–Trinajstić information content (AvgIpc) is 2.39. The SMILES string of the molecule is COC(=O)c1cc(Br)cc(Br)c1NC1CCCS(=O)(=O)C1. The molecule has 0 aliphatic carbocycles. The van der Waals surface area contributed by atoms with Gasteiger partial charge in [-0.05, 0) is 40.9 Å². The van der Waals surface area contributed by atoms with E-state index >= 15 is 0 Å². The van der Waals surface area contributed by atoms with Gasteiger partial charge in [-0.2, -0.15) is 0 Å². The number of ether oxygens (including phenoxy) is 1. The van der Waals surface area contributed by atoms with Gasteiger partial charge >= 0.3 is 5.97 Å². The number of halogens is 2. The summed E-state index contributed by atoms with van der Waals surface area (Å²) in [4.78, 5) is 11.9. The summed E-state index contributed by atoms with van der Waals surface area (Å²) in [5.41, 5.74) is 0.925. The fourth-order valence-electron chi connectivity index (χ4n) is 2.33. The van der Waals surface area contributed by atoms with Crippen LogP contribution in [0.3, 0.4) is 0 Å². The van der Waals surface area contributed by atoms with Gasteiger partial charge in [-0.25, -0.2) is 13.2 Å². The molecule has 21 heavy (non-hydrogen) atoms. The Balaban J connectivity index is 2.33. The van der Waals surface area contributed by atoms with Crippen molar-refractivity contribution in [2.45, 2.75) is 18.9 Å². The van der Waals surface area contributed by atoms with E-state index in [1.54, 1.807) is 12.1 Å². The Bertz CT molecular complexity index is 660. The molecule has 0 spiro atoms. The molecule has 1 unspecified atom stereocenters. The van der Waals surface area contributed by atoms with Crippen molar-refractivity contribution < 1.29 is 17.9 Å². The topological polar surface area (TPSA) is 72.5 Å². The van der Waals surface area contributed by atoms with E-state index < -0.39 is 15.8 Å². The highest BCUT2D eigenvalue weighted by atomic mass is 79.9. The van der Waals surface area contributed by atoms with Crippen molar-refractivity contribution >= 4 is 53.4 Å². The average molecular weight is 441 g/mol. The first-order valence-corrected chi connectivity index (χ1v) is 9.77. The van der Waals surface area contributed by atoms with Crippen LogP contribution in [0.25, 0.3) is 0 Å². The number of methoxy groups -OCH3 is 1. The molecule has 1 fully saturated rings. The smallest absolute Gasteiger partial charge is 0.340 e. The number of carbonyl (C=O) groups excluding carboxylic acids is 1. The molecule has 1 atom stereocenters. The third-order valence-corrected chi connectivity index (χ3v) is 6.18. The molecule has 1 saturated heterocycles. The Morgan fingerprint density at radius 1 is 1.38 bits per heavy atom. The number of sulfone groups is 1. The summed E-state index contributed by atoms with van der Waals surface area (Å²) in [5.74, 6) is -0.162. The number of esters is 1. The molecule has 5 nitrogen and oxygen atoms in total. The summed E-state index contributed by atoms with van der Waals surface area (Å²) < 4.78 is 29.6. The van der Waals surface area contributed by atoms with E-state index in [9.17, 15) is 13.2 Å². The lowest BCUT2D eigenvalue weighted by atomic mass is 10.1. The predicted octanol–water partition coefficient (Wildman–Crippen LogP) is 2.99. The molecule has 0 radical (unpaired) electrons. The quantitative estimate of drug-likeness (QED) is 0.731. The number of carbonyl (C=O) groups is 1. The molecule has 2 rings (SSSR count). The molecule has 0 saturated carbocycles. The minimum atomic E-state index is -3.01. The Morgan fingerprint density at radius 2 is 2.10 bits per heavy atom. The molecule has 1 aliphatic heterocycles. The largest absolute Gasteiger partial charge is 0.465 e. The molecule has 1 aromatic rings. The molecule has 0 aromatic heterocycles. The van der Waals surface area contributed by atoms with Gasteiger partial charge in [0.1, 0.15) is 0 Å². The number of rotatable bonds is 3. The van der Waals surface area contributed by atoms with Gasteiger partial charge in [0.05, 0.1) is 29.9 Å². The first-order chi connectivity index (χ1) is 9.82. The van der Waals surface area contributed by atoms with Gasteiger partial charge in [-0.1, -0.05) is 15.9 Å². The van der Waals surface area contributed by atoms with Crippen LogP contribution in [0.2, 0.25) is 0 Å². The first-order valence-electron chi connectivity index (χ1n) is 6.37. The number of nitrogens with one attached hydrogen (secondary N) is 1. The Hall–Kier alpha value is -0.600. The maximum atomic E-state index is 11.9. The van der Waals surface area contributed by atoms with E-state index in [0.717, 1.165) is 10.9 Å². The van der Waals surface area contributed by atoms with Crippen molar-refractivity contribution in [3.8, 4) is 0 Å². The van der Waals surface area contributed by atoms with Gasteiger partial charge in [-0.3, -0.25) is 0 Å². The lowest BCUT2D eigenvalue weighted by molar-refractivity contribution is 0.0601. The van der Waals surface area contributed by atoms with Crippen molar-refractivity contribution in [2.75, 3.05) is 23.9 Å². The highest BCUT2D eigenvalue weighted by Gasteiger charge is 2.26. The van der Waals surface area contributed by atoms with Gasteiger partial charge in [0.25, 0.3) is 0 Å². The van der Waals surface area contributed by atoms with E-state index in [0.29, 0.717) is 22.1 Å². The summed E-state index contributed by atoms with van der Waals surface area (Å²) in [5, 5.41) is 3.17. The normalized spacial score (nSPS) is 20.8. The number of hydrogen-bond donors (Lipinski definition) is 1. The van der Waals surface area contributed by atoms with Gasteiger partial charge in [0.2, 0.25) is 0 Å². The lowest BCUT2D eigenvalue weighted by Gasteiger charge is -2.25. The molecule has 116 valence electrons. The molecule has 1 aliphatic rings. The zero-order chi connectivity index (χ0) is 15.6. The van der Waals surface area contributed by atoms with E-state index in [1.165, 1.54) is 7.11 Å². The van der Waals surface area contributed by atoms with Crippen LogP contribution in [-0.2, 0) is 14.6 Å². The number of anilines is 1. The first kappa shape index (κ1) is 16.8. The monoisotopic (exact) mass is 439 g/mol. The minimum absolute atomic E-state index is 0.0795. The zero-order valence-electron chi connectivity index (χ0n) is 11.4. The van der Waals surface area contributed by atoms with Gasteiger partial charge in [0.15, 0.2) is 9.84 Å². The third-order valence-electron chi connectivity index (χ3n) is 3.27. The van der Waals surface area contributed by atoms with Gasteiger partial charge in [-0.15, -0.1) is 0 Å². The van der Waals surface area contributed by atoms with Crippen LogP contribution in [0.5, 0.6) is 0 Å². The molecular weight excluding hydrogens is 426 g/mol. The van der Waals surface area contributed by atoms with Crippen molar-refractivity contribution in [1.29, 1.82) is 0 Å². The summed E-state index contributed by atoms with van der Waals surface area (Å²) in [6.45, 7) is 0. The van der Waals surface area contributed by atoms with Crippen LogP contribution in [0, 0.1) is 0 Å². The van der Waals surface area contributed by atoms with Crippen molar-refractivity contribution in [3.05, 3.63) is 26.6 Å². The van der Waals surface area contributed by atoms with Crippen molar-refractivity contribution in [3.63, 3.8) is 0 Å². The summed E-state index contributed by atoms with van der Waals surface area (Å²) >= 11 is 6.73. The van der Waals surface area contributed by atoms with E-state index in [-0.39, 0.29) is 17.5 Å². The summed E-state index contributed by atoms with van der Waals surface area (Å²) in [6.07, 6.45) is 1.38. The lowest BCUT2D eigenvalue weighted by Crippen LogP contribution is -2.35. The molecule has 1 aromatic carbocycles. The molecule has 0 bridgehead atoms. The van der Waals surface area contributed by atoms with Gasteiger partial charge < -0.3 is 10.1 Å². The van der Waals surface area contributed by atoms with E-state index in [2.05, 4.69) is 37.2 Å². The Labute approximate surface area is 140 Å². The number of hydrogen-bond acceptors (Lipinski definition) is 5. The highest BCUT2D eigenvalue weighted by Crippen LogP contribution is 2.32. The van der Waals surface area contributed by atoms with Crippen LogP contribution in [0.4, 0.5) is 5.69 Å². The second-order valence-corrected chi connectivity index (χ2v) is 8.90. The van der Waals surface area contributed by atoms with Crippen molar-refractivity contribution in [2.24, 2.45) is 0 Å². The van der Waals surface area contributed by atoms with E-state index in [4.69, 9.17) is 4.74 Å². The fraction of sp³-hybridized carbons (Fsp3) is 0.462. The second kappa shape index (κ2) is 6.66. The van der Waals surface area contributed by atoms with Crippen LogP contribution < -0.4 is 5.32 Å². The van der Waals surface area contributed by atoms with Crippen LogP contribution in [0.1, 0.15) is 23.2 Å². The van der Waals surface area contributed by atoms with Crippen LogP contribution in [-0.4, -0.2) is 39.0 Å².